The normalized spacial score (nSPS) is 11.5. The van der Waals surface area contributed by atoms with Gasteiger partial charge in [0.1, 0.15) is 0 Å². The molecule has 0 bridgehead atoms. The van der Waals surface area contributed by atoms with Crippen molar-refractivity contribution in [3.05, 3.63) is 152 Å². The van der Waals surface area contributed by atoms with Gasteiger partial charge in [-0.05, 0) is 83.9 Å². The number of hydrogen-bond acceptors (Lipinski definition) is 1. The van der Waals surface area contributed by atoms with E-state index in [0.717, 1.165) is 11.3 Å². The Labute approximate surface area is 233 Å². The van der Waals surface area contributed by atoms with Gasteiger partial charge in [-0.15, -0.1) is 0 Å². The molecule has 8 aromatic rings. The van der Waals surface area contributed by atoms with E-state index in [1.165, 1.54) is 65.7 Å². The summed E-state index contributed by atoms with van der Waals surface area (Å²) in [5.74, 6) is 0. The van der Waals surface area contributed by atoms with Crippen LogP contribution in [0.15, 0.2) is 152 Å². The fourth-order valence-electron chi connectivity index (χ4n) is 6.23. The van der Waals surface area contributed by atoms with E-state index in [1.807, 2.05) is 12.3 Å². The Bertz CT molecular complexity index is 2110. The summed E-state index contributed by atoms with van der Waals surface area (Å²) in [5.41, 5.74) is 9.47. The predicted octanol–water partition coefficient (Wildman–Crippen LogP) is 10.6. The van der Waals surface area contributed by atoms with Crippen molar-refractivity contribution in [3.63, 3.8) is 0 Å². The zero-order valence-corrected chi connectivity index (χ0v) is 21.9. The van der Waals surface area contributed by atoms with Crippen LogP contribution in [0, 0.1) is 0 Å². The average molecular weight is 508 g/mol. The Morgan fingerprint density at radius 2 is 0.975 bits per heavy atom. The Morgan fingerprint density at radius 1 is 0.350 bits per heavy atom. The molecule has 0 spiro atoms. The molecule has 0 fully saturated rings. The zero-order chi connectivity index (χ0) is 26.5. The van der Waals surface area contributed by atoms with E-state index < -0.39 is 0 Å². The monoisotopic (exact) mass is 507 g/mol. The highest BCUT2D eigenvalue weighted by Crippen LogP contribution is 2.45. The van der Waals surface area contributed by atoms with E-state index in [0.29, 0.717) is 0 Å². The van der Waals surface area contributed by atoms with Gasteiger partial charge in [-0.25, -0.2) is 0 Å². The molecular weight excluding hydrogens is 482 g/mol. The standard InChI is InChI=1S/C39H25N/c1-2-9-26(10-3-1)27-16-18-28(19-17-27)35-25-36(31-13-4-5-14-32(31)37-15-6-7-24-40-37)34-23-21-30-12-8-11-29-20-22-33(35)39(34)38(29)30/h1-25H. The quantitative estimate of drug-likeness (QED) is 0.216. The molecule has 1 heterocycles. The van der Waals surface area contributed by atoms with E-state index in [9.17, 15) is 0 Å². The van der Waals surface area contributed by atoms with Gasteiger partial charge in [0.15, 0.2) is 0 Å². The van der Waals surface area contributed by atoms with Gasteiger partial charge in [-0.2, -0.15) is 0 Å². The second kappa shape index (κ2) is 9.18. The van der Waals surface area contributed by atoms with Crippen molar-refractivity contribution < 1.29 is 0 Å². The molecule has 0 unspecified atom stereocenters. The van der Waals surface area contributed by atoms with Crippen LogP contribution in [0.1, 0.15) is 0 Å². The Balaban J connectivity index is 1.44. The maximum atomic E-state index is 4.72. The lowest BCUT2D eigenvalue weighted by Crippen LogP contribution is -1.93. The van der Waals surface area contributed by atoms with Crippen molar-refractivity contribution in [2.45, 2.75) is 0 Å². The fraction of sp³-hybridized carbons (Fsp3) is 0. The highest BCUT2D eigenvalue weighted by Gasteiger charge is 2.18. The lowest BCUT2D eigenvalue weighted by molar-refractivity contribution is 1.33. The molecule has 0 saturated heterocycles. The second-order valence-electron chi connectivity index (χ2n) is 10.4. The zero-order valence-electron chi connectivity index (χ0n) is 21.9. The molecule has 0 amide bonds. The number of hydrogen-bond donors (Lipinski definition) is 0. The summed E-state index contributed by atoms with van der Waals surface area (Å²) in [5, 5.41) is 7.76. The summed E-state index contributed by atoms with van der Waals surface area (Å²) in [7, 11) is 0. The van der Waals surface area contributed by atoms with Crippen molar-refractivity contribution in [1.29, 1.82) is 0 Å². The van der Waals surface area contributed by atoms with Crippen LogP contribution in [-0.4, -0.2) is 4.98 Å². The summed E-state index contributed by atoms with van der Waals surface area (Å²) >= 11 is 0. The minimum atomic E-state index is 0.984. The van der Waals surface area contributed by atoms with Crippen LogP contribution < -0.4 is 0 Å². The first-order chi connectivity index (χ1) is 19.8. The van der Waals surface area contributed by atoms with E-state index in [2.05, 4.69) is 140 Å². The van der Waals surface area contributed by atoms with E-state index >= 15 is 0 Å². The molecule has 186 valence electrons. The second-order valence-corrected chi connectivity index (χ2v) is 10.4. The molecule has 0 N–H and O–H groups in total. The van der Waals surface area contributed by atoms with Crippen molar-refractivity contribution in [3.8, 4) is 44.6 Å². The molecule has 0 atom stereocenters. The maximum absolute atomic E-state index is 4.72. The number of nitrogens with zero attached hydrogens (tertiary/aromatic N) is 1. The van der Waals surface area contributed by atoms with Crippen LogP contribution in [0.2, 0.25) is 0 Å². The third kappa shape index (κ3) is 3.60. The van der Waals surface area contributed by atoms with Gasteiger partial charge >= 0.3 is 0 Å². The summed E-state index contributed by atoms with van der Waals surface area (Å²) in [6.07, 6.45) is 1.87. The van der Waals surface area contributed by atoms with E-state index in [4.69, 9.17) is 4.98 Å². The van der Waals surface area contributed by atoms with Gasteiger partial charge in [-0.1, -0.05) is 127 Å². The molecule has 1 aromatic heterocycles. The highest BCUT2D eigenvalue weighted by atomic mass is 14.7. The maximum Gasteiger partial charge on any atom is 0.0708 e. The summed E-state index contributed by atoms with van der Waals surface area (Å²) < 4.78 is 0. The minimum Gasteiger partial charge on any atom is -0.256 e. The molecule has 0 saturated carbocycles. The number of pyridine rings is 1. The lowest BCUT2D eigenvalue weighted by atomic mass is 9.84. The molecule has 7 aromatic carbocycles. The third-order valence-electron chi connectivity index (χ3n) is 8.11. The average Bonchev–Trinajstić information content (AvgIpc) is 3.04. The topological polar surface area (TPSA) is 12.9 Å². The van der Waals surface area contributed by atoms with Gasteiger partial charge < -0.3 is 0 Å². The van der Waals surface area contributed by atoms with E-state index in [1.54, 1.807) is 0 Å². The molecule has 1 heteroatoms. The predicted molar refractivity (Wildman–Crippen MR) is 170 cm³/mol. The first-order valence-electron chi connectivity index (χ1n) is 13.7. The Kier molecular flexibility index (Phi) is 5.21. The Morgan fingerprint density at radius 3 is 1.70 bits per heavy atom. The van der Waals surface area contributed by atoms with Crippen LogP contribution in [0.3, 0.4) is 0 Å². The fourth-order valence-corrected chi connectivity index (χ4v) is 6.23. The van der Waals surface area contributed by atoms with Crippen LogP contribution in [-0.2, 0) is 0 Å². The smallest absolute Gasteiger partial charge is 0.0708 e. The third-order valence-corrected chi connectivity index (χ3v) is 8.11. The minimum absolute atomic E-state index is 0.984. The Hall–Kier alpha value is -5.27. The van der Waals surface area contributed by atoms with Gasteiger partial charge in [-0.3, -0.25) is 4.98 Å². The highest BCUT2D eigenvalue weighted by molar-refractivity contribution is 6.28. The van der Waals surface area contributed by atoms with Gasteiger partial charge in [0.2, 0.25) is 0 Å². The van der Waals surface area contributed by atoms with Crippen LogP contribution in [0.25, 0.3) is 77.0 Å². The van der Waals surface area contributed by atoms with Crippen LogP contribution >= 0.6 is 0 Å². The summed E-state index contributed by atoms with van der Waals surface area (Å²) in [6.45, 7) is 0. The number of benzene rings is 7. The molecule has 0 radical (unpaired) electrons. The van der Waals surface area contributed by atoms with Gasteiger partial charge in [0, 0.05) is 11.8 Å². The SMILES string of the molecule is c1ccc(-c2ccc(-c3cc(-c4ccccc4-c4ccccn4)c4ccc5cccc6ccc3c4c65)cc2)cc1. The van der Waals surface area contributed by atoms with Crippen LogP contribution in [0.5, 0.6) is 0 Å². The van der Waals surface area contributed by atoms with E-state index in [-0.39, 0.29) is 0 Å². The van der Waals surface area contributed by atoms with Gasteiger partial charge in [0.25, 0.3) is 0 Å². The first kappa shape index (κ1) is 22.7. The summed E-state index contributed by atoms with van der Waals surface area (Å²) in [6, 6.07) is 52.5. The molecule has 0 aliphatic heterocycles. The van der Waals surface area contributed by atoms with Crippen molar-refractivity contribution in [2.75, 3.05) is 0 Å². The number of aromatic nitrogens is 1. The number of rotatable bonds is 4. The van der Waals surface area contributed by atoms with Crippen molar-refractivity contribution in [1.82, 2.24) is 4.98 Å². The molecule has 8 rings (SSSR count). The lowest BCUT2D eigenvalue weighted by Gasteiger charge is -2.19. The molecule has 40 heavy (non-hydrogen) atoms. The molecule has 0 aliphatic carbocycles. The summed E-state index contributed by atoms with van der Waals surface area (Å²) in [4.78, 5) is 4.72. The molecular formula is C39H25N. The van der Waals surface area contributed by atoms with Gasteiger partial charge in [0.05, 0.1) is 5.69 Å². The van der Waals surface area contributed by atoms with Crippen molar-refractivity contribution in [2.24, 2.45) is 0 Å². The first-order valence-corrected chi connectivity index (χ1v) is 13.7. The molecule has 1 nitrogen and oxygen atoms in total. The van der Waals surface area contributed by atoms with Crippen molar-refractivity contribution >= 4 is 32.3 Å². The van der Waals surface area contributed by atoms with Crippen LogP contribution in [0.4, 0.5) is 0 Å². The molecule has 0 aliphatic rings. The largest absolute Gasteiger partial charge is 0.256 e.